The number of ether oxygens (including phenoxy) is 3. The molecular weight excluding hydrogens is 530 g/mol. The monoisotopic (exact) mass is 553 g/mol. The van der Waals surface area contributed by atoms with Crippen LogP contribution in [0.4, 0.5) is 0 Å². The molecule has 1 aliphatic rings. The number of nitrogens with zero attached hydrogens (tertiary/aromatic N) is 1. The van der Waals surface area contributed by atoms with Crippen molar-refractivity contribution in [3.63, 3.8) is 0 Å². The van der Waals surface area contributed by atoms with E-state index in [9.17, 15) is 4.79 Å². The molecule has 4 aromatic rings. The highest BCUT2D eigenvalue weighted by Crippen LogP contribution is 2.38. The zero-order valence-corrected chi connectivity index (χ0v) is 22.0. The smallest absolute Gasteiger partial charge is 0.363 e. The van der Waals surface area contributed by atoms with Crippen molar-refractivity contribution in [2.24, 2.45) is 4.99 Å². The van der Waals surface area contributed by atoms with Crippen LogP contribution in [0.2, 0.25) is 0 Å². The highest BCUT2D eigenvalue weighted by molar-refractivity contribution is 9.10. The number of methoxy groups -OCH3 is 1. The van der Waals surface area contributed by atoms with Crippen molar-refractivity contribution in [3.05, 3.63) is 123 Å². The van der Waals surface area contributed by atoms with Crippen LogP contribution in [0.25, 0.3) is 17.2 Å². The van der Waals surface area contributed by atoms with Gasteiger partial charge in [0, 0.05) is 5.56 Å². The molecule has 0 amide bonds. The summed E-state index contributed by atoms with van der Waals surface area (Å²) in [4.78, 5) is 17.0. The summed E-state index contributed by atoms with van der Waals surface area (Å²) < 4.78 is 17.8. The van der Waals surface area contributed by atoms with Gasteiger partial charge in [-0.1, -0.05) is 66.7 Å². The summed E-state index contributed by atoms with van der Waals surface area (Å²) in [6, 6.07) is 29.6. The van der Waals surface area contributed by atoms with Gasteiger partial charge in [-0.15, -0.1) is 0 Å². The van der Waals surface area contributed by atoms with E-state index in [0.29, 0.717) is 22.6 Å². The zero-order valence-electron chi connectivity index (χ0n) is 20.4. The first-order chi connectivity index (χ1) is 18.0. The highest BCUT2D eigenvalue weighted by atomic mass is 79.9. The Bertz CT molecular complexity index is 1510. The summed E-state index contributed by atoms with van der Waals surface area (Å²) in [6.45, 7) is 2.46. The van der Waals surface area contributed by atoms with Gasteiger partial charge in [0.1, 0.15) is 6.61 Å². The number of hydrogen-bond donors (Lipinski definition) is 0. The van der Waals surface area contributed by atoms with Crippen LogP contribution in [0.15, 0.2) is 106 Å². The lowest BCUT2D eigenvalue weighted by atomic mass is 10.0. The molecule has 0 atom stereocenters. The fourth-order valence-electron chi connectivity index (χ4n) is 4.01. The van der Waals surface area contributed by atoms with Gasteiger partial charge >= 0.3 is 5.97 Å². The Labute approximate surface area is 224 Å². The molecule has 1 aliphatic heterocycles. The van der Waals surface area contributed by atoms with Gasteiger partial charge in [0.2, 0.25) is 5.90 Å². The molecule has 0 aliphatic carbocycles. The van der Waals surface area contributed by atoms with E-state index in [1.165, 1.54) is 0 Å². The minimum atomic E-state index is -0.503. The predicted octanol–water partition coefficient (Wildman–Crippen LogP) is 7.36. The standard InChI is InChI=1S/C31H24BrNO4/c1-20-8-6-7-11-25(20)19-36-29-26(32)16-21(18-28(29)35-2)17-27-31(34)37-30(33-27)24-14-12-23(13-15-24)22-9-4-3-5-10-22/h3-18H,19H2,1-2H3/b27-17-. The second-order valence-corrected chi connectivity index (χ2v) is 9.38. The van der Waals surface area contributed by atoms with Crippen molar-refractivity contribution in [1.29, 1.82) is 0 Å². The Morgan fingerprint density at radius 3 is 2.30 bits per heavy atom. The number of rotatable bonds is 7. The molecule has 0 saturated carbocycles. The molecule has 184 valence electrons. The first-order valence-electron chi connectivity index (χ1n) is 11.7. The molecule has 6 heteroatoms. The molecule has 0 bridgehead atoms. The van der Waals surface area contributed by atoms with Gasteiger partial charge < -0.3 is 14.2 Å². The number of aryl methyl sites for hydroxylation is 1. The van der Waals surface area contributed by atoms with E-state index >= 15 is 0 Å². The van der Waals surface area contributed by atoms with Crippen molar-refractivity contribution in [2.75, 3.05) is 7.11 Å². The topological polar surface area (TPSA) is 57.1 Å². The molecule has 0 fully saturated rings. The molecule has 37 heavy (non-hydrogen) atoms. The molecule has 0 saturated heterocycles. The van der Waals surface area contributed by atoms with E-state index in [-0.39, 0.29) is 11.6 Å². The summed E-state index contributed by atoms with van der Waals surface area (Å²) in [7, 11) is 1.58. The van der Waals surface area contributed by atoms with Gasteiger partial charge in [-0.2, -0.15) is 0 Å². The number of hydrogen-bond acceptors (Lipinski definition) is 5. The maximum atomic E-state index is 12.6. The fraction of sp³-hybridized carbons (Fsp3) is 0.0968. The SMILES string of the molecule is COc1cc(/C=C2\N=C(c3ccc(-c4ccccc4)cc3)OC2=O)cc(Br)c1OCc1ccccc1C. The Morgan fingerprint density at radius 1 is 0.892 bits per heavy atom. The van der Waals surface area contributed by atoms with Crippen LogP contribution in [0.5, 0.6) is 11.5 Å². The number of carbonyl (C=O) groups excluding carboxylic acids is 1. The molecule has 0 spiro atoms. The van der Waals surface area contributed by atoms with Crippen LogP contribution < -0.4 is 9.47 Å². The second kappa shape index (κ2) is 10.8. The Hall–Kier alpha value is -4.16. The summed E-state index contributed by atoms with van der Waals surface area (Å²) in [5.74, 6) is 0.906. The van der Waals surface area contributed by atoms with Crippen molar-refractivity contribution in [1.82, 2.24) is 0 Å². The molecule has 0 radical (unpaired) electrons. The van der Waals surface area contributed by atoms with Gasteiger partial charge in [-0.3, -0.25) is 0 Å². The van der Waals surface area contributed by atoms with Gasteiger partial charge in [-0.25, -0.2) is 9.79 Å². The normalized spacial score (nSPS) is 13.9. The molecule has 1 heterocycles. The molecule has 5 rings (SSSR count). The van der Waals surface area contributed by atoms with Crippen LogP contribution in [0.3, 0.4) is 0 Å². The maximum absolute atomic E-state index is 12.6. The molecule has 0 aromatic heterocycles. The van der Waals surface area contributed by atoms with Gasteiger partial charge in [0.05, 0.1) is 11.6 Å². The van der Waals surface area contributed by atoms with E-state index in [2.05, 4.69) is 20.9 Å². The third kappa shape index (κ3) is 5.49. The Balaban J connectivity index is 1.37. The van der Waals surface area contributed by atoms with E-state index in [4.69, 9.17) is 14.2 Å². The first kappa shape index (κ1) is 24.5. The molecule has 4 aromatic carbocycles. The average Bonchev–Trinajstić information content (AvgIpc) is 3.29. The van der Waals surface area contributed by atoms with Gasteiger partial charge in [0.25, 0.3) is 0 Å². The summed E-state index contributed by atoms with van der Waals surface area (Å²) in [6.07, 6.45) is 1.67. The summed E-state index contributed by atoms with van der Waals surface area (Å²) in [5.41, 5.74) is 6.11. The predicted molar refractivity (Wildman–Crippen MR) is 149 cm³/mol. The van der Waals surface area contributed by atoms with Crippen LogP contribution in [-0.2, 0) is 16.1 Å². The fourth-order valence-corrected chi connectivity index (χ4v) is 4.59. The molecule has 0 unspecified atom stereocenters. The summed E-state index contributed by atoms with van der Waals surface area (Å²) >= 11 is 3.58. The van der Waals surface area contributed by atoms with Gasteiger partial charge in [-0.05, 0) is 81.0 Å². The van der Waals surface area contributed by atoms with Crippen molar-refractivity contribution < 1.29 is 19.0 Å². The van der Waals surface area contributed by atoms with Crippen LogP contribution in [-0.4, -0.2) is 19.0 Å². The minimum absolute atomic E-state index is 0.213. The third-order valence-corrected chi connectivity index (χ3v) is 6.64. The lowest BCUT2D eigenvalue weighted by molar-refractivity contribution is -0.129. The van der Waals surface area contributed by atoms with E-state index in [0.717, 1.165) is 33.4 Å². The van der Waals surface area contributed by atoms with Crippen LogP contribution in [0.1, 0.15) is 22.3 Å². The lowest BCUT2D eigenvalue weighted by Gasteiger charge is -2.14. The maximum Gasteiger partial charge on any atom is 0.363 e. The summed E-state index contributed by atoms with van der Waals surface area (Å²) in [5, 5.41) is 0. The van der Waals surface area contributed by atoms with Crippen molar-refractivity contribution in [2.45, 2.75) is 13.5 Å². The Kier molecular flexibility index (Phi) is 7.19. The van der Waals surface area contributed by atoms with E-state index < -0.39 is 5.97 Å². The zero-order chi connectivity index (χ0) is 25.8. The number of carbonyl (C=O) groups is 1. The van der Waals surface area contributed by atoms with Crippen molar-refractivity contribution in [3.8, 4) is 22.6 Å². The Morgan fingerprint density at radius 2 is 1.57 bits per heavy atom. The molecule has 5 nitrogen and oxygen atoms in total. The lowest BCUT2D eigenvalue weighted by Crippen LogP contribution is -2.05. The number of benzene rings is 4. The second-order valence-electron chi connectivity index (χ2n) is 8.53. The van der Waals surface area contributed by atoms with Crippen LogP contribution in [0, 0.1) is 6.92 Å². The number of cyclic esters (lactones) is 1. The minimum Gasteiger partial charge on any atom is -0.493 e. The van der Waals surface area contributed by atoms with Gasteiger partial charge in [0.15, 0.2) is 17.2 Å². The van der Waals surface area contributed by atoms with Crippen LogP contribution >= 0.6 is 15.9 Å². The number of halogens is 1. The number of esters is 1. The number of aliphatic imine (C=N–C) groups is 1. The molecule has 0 N–H and O–H groups in total. The highest BCUT2D eigenvalue weighted by Gasteiger charge is 2.24. The van der Waals surface area contributed by atoms with Crippen molar-refractivity contribution >= 4 is 33.9 Å². The quantitative estimate of drug-likeness (QED) is 0.177. The van der Waals surface area contributed by atoms with E-state index in [1.807, 2.05) is 91.9 Å². The average molecular weight is 554 g/mol. The first-order valence-corrected chi connectivity index (χ1v) is 12.5. The molecular formula is C31H24BrNO4. The third-order valence-electron chi connectivity index (χ3n) is 6.05. The van der Waals surface area contributed by atoms with E-state index in [1.54, 1.807) is 19.3 Å². The largest absolute Gasteiger partial charge is 0.493 e.